The van der Waals surface area contributed by atoms with E-state index >= 15 is 0 Å². The highest BCUT2D eigenvalue weighted by atomic mass is 16.5. The van der Waals surface area contributed by atoms with Crippen molar-refractivity contribution in [1.82, 2.24) is 10.6 Å². The summed E-state index contributed by atoms with van der Waals surface area (Å²) in [5, 5.41) is 17.1. The highest BCUT2D eigenvalue weighted by molar-refractivity contribution is 5.79. The highest BCUT2D eigenvalue weighted by Gasteiger charge is 2.09. The molecule has 1 atom stereocenters. The molecule has 0 saturated heterocycles. The van der Waals surface area contributed by atoms with Gasteiger partial charge in [0.25, 0.3) is 0 Å². The van der Waals surface area contributed by atoms with Crippen LogP contribution in [-0.2, 0) is 6.42 Å². The Morgan fingerprint density at radius 2 is 1.83 bits per heavy atom. The van der Waals surface area contributed by atoms with Crippen molar-refractivity contribution in [3.05, 3.63) is 59.7 Å². The van der Waals surface area contributed by atoms with Crippen LogP contribution in [0.15, 0.2) is 53.5 Å². The van der Waals surface area contributed by atoms with Crippen molar-refractivity contribution in [3.8, 4) is 11.5 Å². The number of guanidine groups is 1. The van der Waals surface area contributed by atoms with Gasteiger partial charge in [-0.3, -0.25) is 4.99 Å². The van der Waals surface area contributed by atoms with Crippen LogP contribution in [0.25, 0.3) is 0 Å². The second kappa shape index (κ2) is 12.0. The van der Waals surface area contributed by atoms with E-state index in [1.807, 2.05) is 63.2 Å². The molecule has 2 aromatic carbocycles. The molecule has 1 unspecified atom stereocenters. The van der Waals surface area contributed by atoms with Gasteiger partial charge in [-0.15, -0.1) is 0 Å². The zero-order valence-electron chi connectivity index (χ0n) is 17.8. The molecule has 0 spiro atoms. The fraction of sp³-hybridized carbons (Fsp3) is 0.435. The third-order valence-electron chi connectivity index (χ3n) is 4.22. The maximum atomic E-state index is 10.5. The van der Waals surface area contributed by atoms with Crippen molar-refractivity contribution in [2.45, 2.75) is 39.4 Å². The fourth-order valence-electron chi connectivity index (χ4n) is 2.85. The molecule has 0 amide bonds. The molecule has 0 bridgehead atoms. The van der Waals surface area contributed by atoms with Crippen molar-refractivity contribution in [3.63, 3.8) is 0 Å². The minimum Gasteiger partial charge on any atom is -0.497 e. The van der Waals surface area contributed by atoms with Gasteiger partial charge < -0.3 is 25.2 Å². The van der Waals surface area contributed by atoms with Crippen LogP contribution in [0.5, 0.6) is 11.5 Å². The van der Waals surface area contributed by atoms with Gasteiger partial charge in [-0.05, 0) is 62.6 Å². The van der Waals surface area contributed by atoms with Crippen LogP contribution < -0.4 is 20.1 Å². The Morgan fingerprint density at radius 3 is 2.55 bits per heavy atom. The predicted molar refractivity (Wildman–Crippen MR) is 118 cm³/mol. The summed E-state index contributed by atoms with van der Waals surface area (Å²) in [5.41, 5.74) is 1.98. The van der Waals surface area contributed by atoms with E-state index in [4.69, 9.17) is 9.47 Å². The zero-order valence-corrected chi connectivity index (χ0v) is 17.8. The first kappa shape index (κ1) is 22.6. The number of hydrogen-bond donors (Lipinski definition) is 3. The van der Waals surface area contributed by atoms with E-state index in [0.29, 0.717) is 5.96 Å². The van der Waals surface area contributed by atoms with E-state index < -0.39 is 6.10 Å². The Morgan fingerprint density at radius 1 is 1.07 bits per heavy atom. The molecule has 0 fully saturated rings. The van der Waals surface area contributed by atoms with E-state index in [9.17, 15) is 5.11 Å². The van der Waals surface area contributed by atoms with Crippen LogP contribution >= 0.6 is 0 Å². The predicted octanol–water partition coefficient (Wildman–Crippen LogP) is 3.31. The van der Waals surface area contributed by atoms with E-state index in [0.717, 1.165) is 36.6 Å². The molecule has 0 aliphatic heterocycles. The van der Waals surface area contributed by atoms with E-state index in [1.54, 1.807) is 7.11 Å². The second-order valence-electron chi connectivity index (χ2n) is 7.00. The number of aliphatic hydroxyl groups is 1. The van der Waals surface area contributed by atoms with Crippen LogP contribution in [0.2, 0.25) is 0 Å². The maximum absolute atomic E-state index is 10.5. The summed E-state index contributed by atoms with van der Waals surface area (Å²) in [7, 11) is 1.67. The van der Waals surface area contributed by atoms with Gasteiger partial charge in [0.05, 0.1) is 25.9 Å². The lowest BCUT2D eigenvalue weighted by Gasteiger charge is -2.15. The molecule has 0 radical (unpaired) electrons. The molecule has 0 aliphatic rings. The van der Waals surface area contributed by atoms with Crippen molar-refractivity contribution in [2.75, 3.05) is 26.7 Å². The number of nitrogens with zero attached hydrogens (tertiary/aromatic N) is 1. The lowest BCUT2D eigenvalue weighted by Crippen LogP contribution is -2.38. The third kappa shape index (κ3) is 8.03. The first-order valence-corrected chi connectivity index (χ1v) is 10.1. The summed E-state index contributed by atoms with van der Waals surface area (Å²) in [6.45, 7) is 7.72. The average molecular weight is 400 g/mol. The van der Waals surface area contributed by atoms with Gasteiger partial charge >= 0.3 is 0 Å². The number of hydrogen-bond acceptors (Lipinski definition) is 4. The summed E-state index contributed by atoms with van der Waals surface area (Å²) >= 11 is 0. The fourth-order valence-corrected chi connectivity index (χ4v) is 2.85. The molecular weight excluding hydrogens is 366 g/mol. The molecule has 6 heteroatoms. The van der Waals surface area contributed by atoms with Crippen LogP contribution in [-0.4, -0.2) is 43.9 Å². The second-order valence-corrected chi connectivity index (χ2v) is 7.00. The average Bonchev–Trinajstić information content (AvgIpc) is 2.71. The minimum atomic E-state index is -0.695. The molecule has 29 heavy (non-hydrogen) atoms. The molecule has 2 aromatic rings. The molecule has 0 saturated carbocycles. The Bertz CT molecular complexity index is 777. The standard InChI is InChI=1S/C23H33N3O3/c1-5-24-23(25-13-12-18-8-6-10-20(14-18)28-4)26-16-22(27)19-9-7-11-21(15-19)29-17(2)3/h6-11,14-15,17,22,27H,5,12-13,16H2,1-4H3,(H2,24,25,26). The first-order valence-electron chi connectivity index (χ1n) is 10.1. The largest absolute Gasteiger partial charge is 0.497 e. The van der Waals surface area contributed by atoms with E-state index in [-0.39, 0.29) is 12.6 Å². The van der Waals surface area contributed by atoms with Gasteiger partial charge in [-0.25, -0.2) is 0 Å². The molecule has 6 nitrogen and oxygen atoms in total. The van der Waals surface area contributed by atoms with Gasteiger partial charge in [0.1, 0.15) is 11.5 Å². The normalized spacial score (nSPS) is 12.6. The summed E-state index contributed by atoms with van der Waals surface area (Å²) < 4.78 is 11.0. The summed E-state index contributed by atoms with van der Waals surface area (Å²) in [6.07, 6.45) is 0.243. The number of rotatable bonds is 10. The lowest BCUT2D eigenvalue weighted by molar-refractivity contribution is 0.185. The topological polar surface area (TPSA) is 75.1 Å². The SMILES string of the molecule is CCNC(=NCC(O)c1cccc(OC(C)C)c1)NCCc1cccc(OC)c1. The van der Waals surface area contributed by atoms with E-state index in [2.05, 4.69) is 21.7 Å². The van der Waals surface area contributed by atoms with Crippen molar-refractivity contribution < 1.29 is 14.6 Å². The number of aliphatic hydroxyl groups excluding tert-OH is 1. The number of ether oxygens (including phenoxy) is 2. The van der Waals surface area contributed by atoms with Crippen molar-refractivity contribution >= 4 is 5.96 Å². The van der Waals surface area contributed by atoms with Crippen LogP contribution in [0, 0.1) is 0 Å². The number of nitrogens with one attached hydrogen (secondary N) is 2. The molecule has 2 rings (SSSR count). The monoisotopic (exact) mass is 399 g/mol. The van der Waals surface area contributed by atoms with Gasteiger partial charge in [0.2, 0.25) is 0 Å². The van der Waals surface area contributed by atoms with Crippen molar-refractivity contribution in [1.29, 1.82) is 0 Å². The van der Waals surface area contributed by atoms with E-state index in [1.165, 1.54) is 5.56 Å². The molecule has 158 valence electrons. The van der Waals surface area contributed by atoms with Crippen molar-refractivity contribution in [2.24, 2.45) is 4.99 Å². The maximum Gasteiger partial charge on any atom is 0.191 e. The number of aliphatic imine (C=N–C) groups is 1. The zero-order chi connectivity index (χ0) is 21.1. The Labute approximate surface area is 174 Å². The Balaban J connectivity index is 1.92. The summed E-state index contributed by atoms with van der Waals surface area (Å²) in [5.74, 6) is 2.29. The van der Waals surface area contributed by atoms with Gasteiger partial charge in [-0.1, -0.05) is 24.3 Å². The lowest BCUT2D eigenvalue weighted by atomic mass is 10.1. The van der Waals surface area contributed by atoms with Gasteiger partial charge in [0, 0.05) is 13.1 Å². The Hall–Kier alpha value is -2.73. The minimum absolute atomic E-state index is 0.0922. The molecule has 0 aromatic heterocycles. The molecule has 3 N–H and O–H groups in total. The van der Waals surface area contributed by atoms with Gasteiger partial charge in [0.15, 0.2) is 5.96 Å². The van der Waals surface area contributed by atoms with Crippen LogP contribution in [0.3, 0.4) is 0 Å². The quantitative estimate of drug-likeness (QED) is 0.422. The first-order chi connectivity index (χ1) is 14.0. The highest BCUT2D eigenvalue weighted by Crippen LogP contribution is 2.20. The Kier molecular flexibility index (Phi) is 9.31. The van der Waals surface area contributed by atoms with Crippen LogP contribution in [0.1, 0.15) is 38.0 Å². The molecular formula is C23H33N3O3. The third-order valence-corrected chi connectivity index (χ3v) is 4.22. The number of methoxy groups -OCH3 is 1. The summed E-state index contributed by atoms with van der Waals surface area (Å²) in [6, 6.07) is 15.6. The molecule has 0 aliphatic carbocycles. The van der Waals surface area contributed by atoms with Crippen LogP contribution in [0.4, 0.5) is 0 Å². The van der Waals surface area contributed by atoms with Gasteiger partial charge in [-0.2, -0.15) is 0 Å². The number of benzene rings is 2. The molecule has 0 heterocycles. The summed E-state index contributed by atoms with van der Waals surface area (Å²) in [4.78, 5) is 4.52. The smallest absolute Gasteiger partial charge is 0.191 e.